The fraction of sp³-hybridized carbons (Fsp3) is 0.250. The first kappa shape index (κ1) is 14.0. The minimum Gasteiger partial charge on any atom is -0.309 e. The molecule has 0 radical (unpaired) electrons. The van der Waals surface area contributed by atoms with E-state index < -0.39 is 0 Å². The highest BCUT2D eigenvalue weighted by Gasteiger charge is 2.16. The Morgan fingerprint density at radius 1 is 1.05 bits per heavy atom. The third-order valence-corrected chi connectivity index (χ3v) is 3.74. The Kier molecular flexibility index (Phi) is 4.23. The molecule has 2 aromatic rings. The zero-order valence-electron chi connectivity index (χ0n) is 11.3. The summed E-state index contributed by atoms with van der Waals surface area (Å²) in [5.41, 5.74) is 4.37. The van der Waals surface area contributed by atoms with Crippen LogP contribution in [-0.2, 0) is 0 Å². The maximum Gasteiger partial charge on any atom is 0.123 e. The molecule has 2 rings (SSSR count). The smallest absolute Gasteiger partial charge is 0.123 e. The van der Waals surface area contributed by atoms with E-state index in [1.807, 2.05) is 20.0 Å². The van der Waals surface area contributed by atoms with Gasteiger partial charge in [-0.25, -0.2) is 4.39 Å². The molecule has 0 bridgehead atoms. The molecule has 0 aliphatic carbocycles. The molecule has 3 heteroatoms. The van der Waals surface area contributed by atoms with Crippen molar-refractivity contribution in [2.24, 2.45) is 0 Å². The Morgan fingerprint density at radius 2 is 1.63 bits per heavy atom. The molecule has 0 saturated carbocycles. The molecule has 0 spiro atoms. The summed E-state index contributed by atoms with van der Waals surface area (Å²) in [6.07, 6.45) is 0. The Hall–Kier alpha value is -1.38. The van der Waals surface area contributed by atoms with Crippen molar-refractivity contribution in [2.75, 3.05) is 7.05 Å². The molecule has 0 aromatic heterocycles. The summed E-state index contributed by atoms with van der Waals surface area (Å²) >= 11 is 6.34. The average molecular weight is 278 g/mol. The minimum atomic E-state index is -0.232. The number of rotatable bonds is 3. The predicted octanol–water partition coefficient (Wildman–Crippen LogP) is 4.40. The third-order valence-electron chi connectivity index (χ3n) is 3.42. The van der Waals surface area contributed by atoms with Gasteiger partial charge in [0, 0.05) is 5.02 Å². The highest BCUT2D eigenvalue weighted by Crippen LogP contribution is 2.30. The highest BCUT2D eigenvalue weighted by atomic mass is 35.5. The van der Waals surface area contributed by atoms with Gasteiger partial charge < -0.3 is 5.32 Å². The summed E-state index contributed by atoms with van der Waals surface area (Å²) in [7, 11) is 1.87. The van der Waals surface area contributed by atoms with Crippen LogP contribution in [0.15, 0.2) is 36.4 Å². The Morgan fingerprint density at radius 3 is 2.21 bits per heavy atom. The van der Waals surface area contributed by atoms with Gasteiger partial charge in [-0.05, 0) is 61.3 Å². The van der Waals surface area contributed by atoms with Gasteiger partial charge in [0.15, 0.2) is 0 Å². The Labute approximate surface area is 118 Å². The van der Waals surface area contributed by atoms with E-state index in [9.17, 15) is 4.39 Å². The lowest BCUT2D eigenvalue weighted by atomic mass is 9.95. The normalized spacial score (nSPS) is 12.5. The summed E-state index contributed by atoms with van der Waals surface area (Å²) in [6.45, 7) is 4.10. The standard InChI is InChI=1S/C16H17ClFN/c1-10-8-14(15(17)9-11(10)2)16(19-3)12-4-6-13(18)7-5-12/h4-9,16,19H,1-3H3. The summed E-state index contributed by atoms with van der Waals surface area (Å²) < 4.78 is 13.0. The molecule has 19 heavy (non-hydrogen) atoms. The molecule has 2 aromatic carbocycles. The highest BCUT2D eigenvalue weighted by molar-refractivity contribution is 6.31. The van der Waals surface area contributed by atoms with Crippen molar-refractivity contribution in [3.05, 3.63) is 69.5 Å². The molecule has 1 nitrogen and oxygen atoms in total. The molecule has 1 unspecified atom stereocenters. The molecule has 0 saturated heterocycles. The molecule has 1 N–H and O–H groups in total. The van der Waals surface area contributed by atoms with Crippen LogP contribution in [0.5, 0.6) is 0 Å². The molecule has 1 atom stereocenters. The molecule has 0 fully saturated rings. The van der Waals surface area contributed by atoms with Crippen LogP contribution in [0.2, 0.25) is 5.02 Å². The SMILES string of the molecule is CNC(c1ccc(F)cc1)c1cc(C)c(C)cc1Cl. The van der Waals surface area contributed by atoms with E-state index >= 15 is 0 Å². The first-order valence-electron chi connectivity index (χ1n) is 6.22. The van der Waals surface area contributed by atoms with Crippen LogP contribution in [-0.4, -0.2) is 7.05 Å². The van der Waals surface area contributed by atoms with E-state index in [1.54, 1.807) is 12.1 Å². The van der Waals surface area contributed by atoms with Gasteiger partial charge in [-0.2, -0.15) is 0 Å². The molecule has 0 aliphatic heterocycles. The van der Waals surface area contributed by atoms with E-state index in [-0.39, 0.29) is 11.9 Å². The zero-order chi connectivity index (χ0) is 14.0. The summed E-state index contributed by atoms with van der Waals surface area (Å²) in [5.74, 6) is -0.232. The first-order chi connectivity index (χ1) is 9.02. The number of hydrogen-bond acceptors (Lipinski definition) is 1. The fourth-order valence-corrected chi connectivity index (χ4v) is 2.51. The lowest BCUT2D eigenvalue weighted by molar-refractivity contribution is 0.623. The third kappa shape index (κ3) is 2.96. The Balaban J connectivity index is 2.47. The topological polar surface area (TPSA) is 12.0 Å². The van der Waals surface area contributed by atoms with Gasteiger partial charge in [0.25, 0.3) is 0 Å². The number of benzene rings is 2. The number of nitrogens with one attached hydrogen (secondary N) is 1. The first-order valence-corrected chi connectivity index (χ1v) is 6.60. The average Bonchev–Trinajstić information content (AvgIpc) is 2.38. The van der Waals surface area contributed by atoms with Crippen LogP contribution in [0.4, 0.5) is 4.39 Å². The predicted molar refractivity (Wildman–Crippen MR) is 78.2 cm³/mol. The van der Waals surface area contributed by atoms with Gasteiger partial charge in [0.1, 0.15) is 5.82 Å². The van der Waals surface area contributed by atoms with Crippen LogP contribution in [0.3, 0.4) is 0 Å². The van der Waals surface area contributed by atoms with Gasteiger partial charge >= 0.3 is 0 Å². The van der Waals surface area contributed by atoms with Crippen LogP contribution >= 0.6 is 11.6 Å². The molecule has 100 valence electrons. The van der Waals surface area contributed by atoms with Crippen LogP contribution in [0, 0.1) is 19.7 Å². The van der Waals surface area contributed by atoms with Crippen molar-refractivity contribution in [3.63, 3.8) is 0 Å². The molecular weight excluding hydrogens is 261 g/mol. The van der Waals surface area contributed by atoms with Gasteiger partial charge in [0.05, 0.1) is 6.04 Å². The van der Waals surface area contributed by atoms with E-state index in [0.29, 0.717) is 0 Å². The summed E-state index contributed by atoms with van der Waals surface area (Å²) in [4.78, 5) is 0. The van der Waals surface area contributed by atoms with Crippen molar-refractivity contribution in [2.45, 2.75) is 19.9 Å². The van der Waals surface area contributed by atoms with Crippen molar-refractivity contribution >= 4 is 11.6 Å². The molecule has 0 heterocycles. The zero-order valence-corrected chi connectivity index (χ0v) is 12.1. The number of halogens is 2. The van der Waals surface area contributed by atoms with Gasteiger partial charge in [0.2, 0.25) is 0 Å². The second kappa shape index (κ2) is 5.72. The lowest BCUT2D eigenvalue weighted by Crippen LogP contribution is -2.18. The molecule has 0 aliphatic rings. The molecular formula is C16H17ClFN. The van der Waals surface area contributed by atoms with Gasteiger partial charge in [-0.1, -0.05) is 29.8 Å². The van der Waals surface area contributed by atoms with E-state index in [4.69, 9.17) is 11.6 Å². The number of aryl methyl sites for hydroxylation is 2. The lowest BCUT2D eigenvalue weighted by Gasteiger charge is -2.20. The van der Waals surface area contributed by atoms with Crippen molar-refractivity contribution < 1.29 is 4.39 Å². The van der Waals surface area contributed by atoms with Crippen LogP contribution in [0.1, 0.15) is 28.3 Å². The van der Waals surface area contributed by atoms with E-state index in [2.05, 4.69) is 18.3 Å². The van der Waals surface area contributed by atoms with Crippen molar-refractivity contribution in [1.29, 1.82) is 0 Å². The van der Waals surface area contributed by atoms with E-state index in [1.165, 1.54) is 23.3 Å². The van der Waals surface area contributed by atoms with Crippen LogP contribution < -0.4 is 5.32 Å². The Bertz CT molecular complexity index is 578. The largest absolute Gasteiger partial charge is 0.309 e. The summed E-state index contributed by atoms with van der Waals surface area (Å²) in [6, 6.07) is 10.5. The summed E-state index contributed by atoms with van der Waals surface area (Å²) in [5, 5.41) is 3.96. The minimum absolute atomic E-state index is 0.0348. The maximum absolute atomic E-state index is 13.0. The second-order valence-corrected chi connectivity index (χ2v) is 5.14. The molecule has 0 amide bonds. The van der Waals surface area contributed by atoms with Crippen LogP contribution in [0.25, 0.3) is 0 Å². The fourth-order valence-electron chi connectivity index (χ4n) is 2.18. The monoisotopic (exact) mass is 277 g/mol. The van der Waals surface area contributed by atoms with Gasteiger partial charge in [-0.15, -0.1) is 0 Å². The van der Waals surface area contributed by atoms with Crippen molar-refractivity contribution in [3.8, 4) is 0 Å². The quantitative estimate of drug-likeness (QED) is 0.876. The van der Waals surface area contributed by atoms with Crippen molar-refractivity contribution in [1.82, 2.24) is 5.32 Å². The number of hydrogen-bond donors (Lipinski definition) is 1. The van der Waals surface area contributed by atoms with Gasteiger partial charge in [-0.3, -0.25) is 0 Å². The second-order valence-electron chi connectivity index (χ2n) is 4.73. The van der Waals surface area contributed by atoms with E-state index in [0.717, 1.165) is 16.1 Å². The maximum atomic E-state index is 13.0.